The second kappa shape index (κ2) is 5.83. The number of carbonyl (C=O) groups excluding carboxylic acids is 1. The van der Waals surface area contributed by atoms with Gasteiger partial charge in [-0.25, -0.2) is 9.42 Å². The van der Waals surface area contributed by atoms with Crippen molar-refractivity contribution < 1.29 is 14.3 Å². The number of anilines is 1. The number of amidine groups is 1. The van der Waals surface area contributed by atoms with Crippen LogP contribution in [-0.4, -0.2) is 40.1 Å². The molecule has 0 bridgehead atoms. The van der Waals surface area contributed by atoms with Gasteiger partial charge in [0.2, 0.25) is 5.84 Å². The predicted octanol–water partition coefficient (Wildman–Crippen LogP) is 0.218. The Balaban J connectivity index is 3.06. The summed E-state index contributed by atoms with van der Waals surface area (Å²) >= 11 is 0. The number of nitrogens with zero attached hydrogens (tertiary/aromatic N) is 4. The van der Waals surface area contributed by atoms with Gasteiger partial charge in [0, 0.05) is 20.0 Å². The molecule has 0 aliphatic carbocycles. The summed E-state index contributed by atoms with van der Waals surface area (Å²) < 4.78 is 4.50. The van der Waals surface area contributed by atoms with Crippen LogP contribution >= 0.6 is 0 Å². The number of carbonyl (C=O) groups is 1. The van der Waals surface area contributed by atoms with E-state index in [4.69, 9.17) is 5.73 Å². The molecule has 0 atom stereocenters. The minimum absolute atomic E-state index is 0.0998. The summed E-state index contributed by atoms with van der Waals surface area (Å²) in [5, 5.41) is 10.8. The first-order valence-electron chi connectivity index (χ1n) is 5.19. The molecule has 0 aromatic carbocycles. The molecule has 0 saturated carbocycles. The van der Waals surface area contributed by atoms with Gasteiger partial charge in [0.1, 0.15) is 0 Å². The quantitative estimate of drug-likeness (QED) is 0.347. The van der Waals surface area contributed by atoms with Crippen molar-refractivity contribution >= 4 is 17.6 Å². The number of aromatic nitrogens is 2. The van der Waals surface area contributed by atoms with Crippen molar-refractivity contribution in [1.29, 1.82) is 0 Å². The zero-order valence-electron chi connectivity index (χ0n) is 10.0. The largest absolute Gasteiger partial charge is 0.379 e. The molecule has 8 nitrogen and oxygen atoms in total. The smallest absolute Gasteiger partial charge is 0.332 e. The third-order valence-electron chi connectivity index (χ3n) is 2.05. The summed E-state index contributed by atoms with van der Waals surface area (Å²) in [4.78, 5) is 17.2. The van der Waals surface area contributed by atoms with Crippen LogP contribution in [0.5, 0.6) is 0 Å². The van der Waals surface area contributed by atoms with Crippen LogP contribution in [-0.2, 0) is 9.63 Å². The van der Waals surface area contributed by atoms with Gasteiger partial charge in [0.05, 0.1) is 0 Å². The molecular formula is C9H15N5O3. The first kappa shape index (κ1) is 12.9. The molecule has 0 saturated heterocycles. The Kier molecular flexibility index (Phi) is 4.44. The molecule has 94 valence electrons. The number of oxime groups is 1. The molecular weight excluding hydrogens is 226 g/mol. The van der Waals surface area contributed by atoms with Crippen molar-refractivity contribution in [3.63, 3.8) is 0 Å². The molecule has 0 unspecified atom stereocenters. The lowest BCUT2D eigenvalue weighted by Crippen LogP contribution is -2.32. The van der Waals surface area contributed by atoms with Crippen LogP contribution < -0.4 is 5.73 Å². The summed E-state index contributed by atoms with van der Waals surface area (Å²) in [6.07, 6.45) is 0. The topological polar surface area (TPSA) is 107 Å². The minimum atomic E-state index is -0.523. The van der Waals surface area contributed by atoms with Crippen molar-refractivity contribution in [2.24, 2.45) is 5.16 Å². The molecule has 0 amide bonds. The van der Waals surface area contributed by atoms with Gasteiger partial charge in [-0.2, -0.15) is 0 Å². The molecule has 1 rings (SSSR count). The molecule has 17 heavy (non-hydrogen) atoms. The first-order valence-corrected chi connectivity index (χ1v) is 5.19. The number of hydrogen-bond donors (Lipinski definition) is 1. The summed E-state index contributed by atoms with van der Waals surface area (Å²) in [7, 11) is 0. The molecule has 0 radical (unpaired) electrons. The first-order chi connectivity index (χ1) is 8.10. The predicted molar refractivity (Wildman–Crippen MR) is 59.9 cm³/mol. The van der Waals surface area contributed by atoms with E-state index in [-0.39, 0.29) is 11.5 Å². The van der Waals surface area contributed by atoms with Gasteiger partial charge in [-0.05, 0) is 24.2 Å². The SMILES string of the molecule is CCN(CC)C(=NOC(C)=O)c1nonc1N. The molecule has 0 spiro atoms. The summed E-state index contributed by atoms with van der Waals surface area (Å²) in [5.74, 6) is -0.101. The van der Waals surface area contributed by atoms with Gasteiger partial charge in [-0.3, -0.25) is 0 Å². The lowest BCUT2D eigenvalue weighted by molar-refractivity contribution is -0.141. The van der Waals surface area contributed by atoms with E-state index in [1.165, 1.54) is 6.92 Å². The fraction of sp³-hybridized carbons (Fsp3) is 0.556. The van der Waals surface area contributed by atoms with E-state index in [2.05, 4.69) is 24.9 Å². The van der Waals surface area contributed by atoms with Gasteiger partial charge in [0.15, 0.2) is 11.5 Å². The molecule has 0 aliphatic heterocycles. The van der Waals surface area contributed by atoms with E-state index in [9.17, 15) is 4.79 Å². The normalized spacial score (nSPS) is 11.4. The van der Waals surface area contributed by atoms with Gasteiger partial charge in [-0.1, -0.05) is 5.16 Å². The second-order valence-corrected chi connectivity index (χ2v) is 3.17. The van der Waals surface area contributed by atoms with Crippen molar-refractivity contribution in [3.8, 4) is 0 Å². The third-order valence-corrected chi connectivity index (χ3v) is 2.05. The maximum atomic E-state index is 10.8. The van der Waals surface area contributed by atoms with E-state index in [1.807, 2.05) is 18.7 Å². The maximum Gasteiger partial charge on any atom is 0.332 e. The third kappa shape index (κ3) is 3.16. The lowest BCUT2D eigenvalue weighted by Gasteiger charge is -2.20. The fourth-order valence-corrected chi connectivity index (χ4v) is 1.23. The van der Waals surface area contributed by atoms with E-state index < -0.39 is 5.97 Å². The second-order valence-electron chi connectivity index (χ2n) is 3.17. The van der Waals surface area contributed by atoms with E-state index in [0.29, 0.717) is 18.9 Å². The highest BCUT2D eigenvalue weighted by Gasteiger charge is 2.20. The van der Waals surface area contributed by atoms with Crippen molar-refractivity contribution in [3.05, 3.63) is 5.69 Å². The fourth-order valence-electron chi connectivity index (χ4n) is 1.23. The van der Waals surface area contributed by atoms with Crippen LogP contribution in [0.4, 0.5) is 5.82 Å². The van der Waals surface area contributed by atoms with Crippen molar-refractivity contribution in [2.45, 2.75) is 20.8 Å². The summed E-state index contributed by atoms with van der Waals surface area (Å²) in [6.45, 7) is 6.42. The minimum Gasteiger partial charge on any atom is -0.379 e. The average Bonchev–Trinajstić information content (AvgIpc) is 2.70. The van der Waals surface area contributed by atoms with Gasteiger partial charge >= 0.3 is 5.97 Å². The number of nitrogens with two attached hydrogens (primary N) is 1. The summed E-state index contributed by atoms with van der Waals surface area (Å²) in [6, 6.07) is 0. The molecule has 0 aliphatic rings. The Morgan fingerprint density at radius 1 is 1.47 bits per heavy atom. The average molecular weight is 241 g/mol. The van der Waals surface area contributed by atoms with E-state index in [1.54, 1.807) is 0 Å². The number of rotatable bonds is 4. The Morgan fingerprint density at radius 2 is 2.12 bits per heavy atom. The van der Waals surface area contributed by atoms with Crippen LogP contribution in [0.3, 0.4) is 0 Å². The van der Waals surface area contributed by atoms with Gasteiger partial charge < -0.3 is 15.5 Å². The highest BCUT2D eigenvalue weighted by molar-refractivity contribution is 6.00. The molecule has 2 N–H and O–H groups in total. The molecule has 1 aromatic rings. The van der Waals surface area contributed by atoms with Crippen LogP contribution in [0, 0.1) is 0 Å². The van der Waals surface area contributed by atoms with Crippen LogP contribution in [0.15, 0.2) is 9.78 Å². The van der Waals surface area contributed by atoms with Crippen LogP contribution in [0.25, 0.3) is 0 Å². The van der Waals surface area contributed by atoms with Crippen molar-refractivity contribution in [2.75, 3.05) is 18.8 Å². The van der Waals surface area contributed by atoms with E-state index in [0.717, 1.165) is 0 Å². The lowest BCUT2D eigenvalue weighted by atomic mass is 10.3. The molecule has 1 heterocycles. The standard InChI is InChI=1S/C9H15N5O3/c1-4-14(5-2)9(13-16-6(3)15)7-8(10)12-17-11-7/h4-5H2,1-3H3,(H2,10,12). The Labute approximate surface area is 98.3 Å². The highest BCUT2D eigenvalue weighted by Crippen LogP contribution is 2.10. The maximum absolute atomic E-state index is 10.8. The zero-order chi connectivity index (χ0) is 12.8. The molecule has 0 fully saturated rings. The summed E-state index contributed by atoms with van der Waals surface area (Å²) in [5.41, 5.74) is 5.84. The van der Waals surface area contributed by atoms with Crippen LogP contribution in [0.2, 0.25) is 0 Å². The highest BCUT2D eigenvalue weighted by atomic mass is 16.7. The number of nitrogen functional groups attached to an aromatic ring is 1. The van der Waals surface area contributed by atoms with Crippen molar-refractivity contribution in [1.82, 2.24) is 15.2 Å². The Hall–Kier alpha value is -2.12. The molecule has 8 heteroatoms. The number of hydrogen-bond acceptors (Lipinski definition) is 7. The Bertz CT molecular complexity index is 411. The zero-order valence-corrected chi connectivity index (χ0v) is 10.0. The van der Waals surface area contributed by atoms with Crippen LogP contribution in [0.1, 0.15) is 26.5 Å². The Morgan fingerprint density at radius 3 is 2.53 bits per heavy atom. The van der Waals surface area contributed by atoms with Gasteiger partial charge in [-0.15, -0.1) is 0 Å². The van der Waals surface area contributed by atoms with Gasteiger partial charge in [0.25, 0.3) is 0 Å². The molecule has 1 aromatic heterocycles. The monoisotopic (exact) mass is 241 g/mol. The van der Waals surface area contributed by atoms with E-state index >= 15 is 0 Å².